The molecular formula is C15H21F3N2. The van der Waals surface area contributed by atoms with Gasteiger partial charge < -0.3 is 10.2 Å². The van der Waals surface area contributed by atoms with E-state index in [4.69, 9.17) is 0 Å². The van der Waals surface area contributed by atoms with Crippen molar-refractivity contribution >= 4 is 5.69 Å². The number of rotatable bonds is 3. The van der Waals surface area contributed by atoms with Gasteiger partial charge >= 0.3 is 0 Å². The van der Waals surface area contributed by atoms with Gasteiger partial charge in [-0.3, -0.25) is 0 Å². The number of hydrogen-bond acceptors (Lipinski definition) is 2. The van der Waals surface area contributed by atoms with E-state index in [1.165, 1.54) is 0 Å². The van der Waals surface area contributed by atoms with Crippen molar-refractivity contribution < 1.29 is 13.2 Å². The number of nitrogens with one attached hydrogen (secondary N) is 1. The summed E-state index contributed by atoms with van der Waals surface area (Å²) in [5.74, 6) is -2.91. The van der Waals surface area contributed by atoms with Gasteiger partial charge in [0.25, 0.3) is 0 Å². The first kappa shape index (κ1) is 15.2. The van der Waals surface area contributed by atoms with Gasteiger partial charge in [0.1, 0.15) is 5.82 Å². The highest BCUT2D eigenvalue weighted by Gasteiger charge is 2.20. The van der Waals surface area contributed by atoms with Crippen molar-refractivity contribution in [2.45, 2.75) is 45.2 Å². The Morgan fingerprint density at radius 2 is 1.90 bits per heavy atom. The minimum atomic E-state index is -1.15. The summed E-state index contributed by atoms with van der Waals surface area (Å²) in [7, 11) is 0. The zero-order chi connectivity index (χ0) is 14.7. The molecule has 112 valence electrons. The highest BCUT2D eigenvalue weighted by atomic mass is 19.2. The lowest BCUT2D eigenvalue weighted by Crippen LogP contribution is -2.32. The first-order chi connectivity index (χ1) is 9.47. The van der Waals surface area contributed by atoms with E-state index in [9.17, 15) is 13.2 Å². The number of anilines is 1. The van der Waals surface area contributed by atoms with Crippen LogP contribution in [0.1, 0.15) is 33.1 Å². The van der Waals surface area contributed by atoms with Gasteiger partial charge in [0.05, 0.1) is 5.69 Å². The molecular weight excluding hydrogens is 265 g/mol. The molecule has 1 fully saturated rings. The fourth-order valence-electron chi connectivity index (χ4n) is 2.66. The maximum Gasteiger partial charge on any atom is 0.182 e. The van der Waals surface area contributed by atoms with E-state index in [1.807, 2.05) is 0 Å². The Morgan fingerprint density at radius 3 is 2.60 bits per heavy atom. The van der Waals surface area contributed by atoms with Crippen molar-refractivity contribution in [2.75, 3.05) is 18.4 Å². The van der Waals surface area contributed by atoms with Gasteiger partial charge in [-0.2, -0.15) is 0 Å². The molecule has 2 rings (SSSR count). The molecule has 20 heavy (non-hydrogen) atoms. The standard InChI is InChI=1S/C15H21F3N2/c1-10(2)20-6-3-4-12(5-7-20)19-14-9-11(16)8-13(17)15(14)18/h8-10,12,19H,3-7H2,1-2H3. The van der Waals surface area contributed by atoms with Gasteiger partial charge in [0.15, 0.2) is 11.6 Å². The Bertz CT molecular complexity index is 463. The Morgan fingerprint density at radius 1 is 1.15 bits per heavy atom. The van der Waals surface area contributed by atoms with Crippen molar-refractivity contribution in [2.24, 2.45) is 0 Å². The summed E-state index contributed by atoms with van der Waals surface area (Å²) >= 11 is 0. The van der Waals surface area contributed by atoms with Gasteiger partial charge in [-0.15, -0.1) is 0 Å². The van der Waals surface area contributed by atoms with Crippen molar-refractivity contribution in [1.29, 1.82) is 0 Å². The van der Waals surface area contributed by atoms with Gasteiger partial charge in [0.2, 0.25) is 0 Å². The molecule has 0 bridgehead atoms. The quantitative estimate of drug-likeness (QED) is 0.851. The lowest BCUT2D eigenvalue weighted by Gasteiger charge is -2.24. The van der Waals surface area contributed by atoms with Crippen molar-refractivity contribution in [3.63, 3.8) is 0 Å². The van der Waals surface area contributed by atoms with Crippen molar-refractivity contribution in [3.8, 4) is 0 Å². The minimum absolute atomic E-state index is 0.0504. The van der Waals surface area contributed by atoms with Crippen LogP contribution >= 0.6 is 0 Å². The maximum atomic E-state index is 13.6. The summed E-state index contributed by atoms with van der Waals surface area (Å²) < 4.78 is 40.0. The number of nitrogens with zero attached hydrogens (tertiary/aromatic N) is 1. The predicted octanol–water partition coefficient (Wildman–Crippen LogP) is 3.78. The molecule has 5 heteroatoms. The maximum absolute atomic E-state index is 13.6. The molecule has 1 aromatic rings. The third-order valence-electron chi connectivity index (χ3n) is 3.85. The van der Waals surface area contributed by atoms with E-state index >= 15 is 0 Å². The lowest BCUT2D eigenvalue weighted by molar-refractivity contribution is 0.230. The number of benzene rings is 1. The highest BCUT2D eigenvalue weighted by molar-refractivity contribution is 5.46. The molecule has 1 aliphatic heterocycles. The summed E-state index contributed by atoms with van der Waals surface area (Å²) in [6.07, 6.45) is 2.71. The summed E-state index contributed by atoms with van der Waals surface area (Å²) in [6, 6.07) is 2.11. The molecule has 0 aliphatic carbocycles. The fourth-order valence-corrected chi connectivity index (χ4v) is 2.66. The highest BCUT2D eigenvalue weighted by Crippen LogP contribution is 2.23. The molecule has 0 aromatic heterocycles. The summed E-state index contributed by atoms with van der Waals surface area (Å²) in [5.41, 5.74) is -0.0782. The molecule has 1 atom stereocenters. The van der Waals surface area contributed by atoms with E-state index in [0.717, 1.165) is 38.4 Å². The largest absolute Gasteiger partial charge is 0.380 e. The van der Waals surface area contributed by atoms with Gasteiger partial charge in [-0.05, 0) is 39.7 Å². The van der Waals surface area contributed by atoms with Gasteiger partial charge in [-0.1, -0.05) is 0 Å². The molecule has 0 radical (unpaired) electrons. The molecule has 2 nitrogen and oxygen atoms in total. The average Bonchev–Trinajstić information content (AvgIpc) is 2.61. The van der Waals surface area contributed by atoms with E-state index in [1.54, 1.807) is 0 Å². The predicted molar refractivity (Wildman–Crippen MR) is 74.3 cm³/mol. The van der Waals surface area contributed by atoms with Crippen molar-refractivity contribution in [3.05, 3.63) is 29.6 Å². The van der Waals surface area contributed by atoms with Crippen LogP contribution in [0.2, 0.25) is 0 Å². The van der Waals surface area contributed by atoms with Crippen LogP contribution in [0.15, 0.2) is 12.1 Å². The van der Waals surface area contributed by atoms with Crippen LogP contribution in [0, 0.1) is 17.5 Å². The van der Waals surface area contributed by atoms with E-state index in [-0.39, 0.29) is 11.7 Å². The zero-order valence-corrected chi connectivity index (χ0v) is 11.9. The van der Waals surface area contributed by atoms with Crippen LogP contribution in [-0.2, 0) is 0 Å². The van der Waals surface area contributed by atoms with Crippen LogP contribution in [0.5, 0.6) is 0 Å². The van der Waals surface area contributed by atoms with Crippen LogP contribution in [0.3, 0.4) is 0 Å². The first-order valence-corrected chi connectivity index (χ1v) is 7.12. The minimum Gasteiger partial charge on any atom is -0.380 e. The van der Waals surface area contributed by atoms with E-state index < -0.39 is 17.5 Å². The number of halogens is 3. The molecule has 0 spiro atoms. The Balaban J connectivity index is 2.03. The van der Waals surface area contributed by atoms with E-state index in [2.05, 4.69) is 24.1 Å². The second-order valence-corrected chi connectivity index (χ2v) is 5.65. The smallest absolute Gasteiger partial charge is 0.182 e. The molecule has 0 saturated carbocycles. The Labute approximate surface area is 118 Å². The number of hydrogen-bond donors (Lipinski definition) is 1. The SMILES string of the molecule is CC(C)N1CCCC(Nc2cc(F)cc(F)c2F)CC1. The van der Waals surface area contributed by atoms with Crippen LogP contribution in [0.4, 0.5) is 18.9 Å². The molecule has 1 unspecified atom stereocenters. The fraction of sp³-hybridized carbons (Fsp3) is 0.600. The summed E-state index contributed by atoms with van der Waals surface area (Å²) in [5, 5.41) is 2.95. The first-order valence-electron chi connectivity index (χ1n) is 7.12. The molecule has 1 aromatic carbocycles. The van der Waals surface area contributed by atoms with Crippen LogP contribution in [0.25, 0.3) is 0 Å². The molecule has 0 amide bonds. The molecule has 1 saturated heterocycles. The van der Waals surface area contributed by atoms with Crippen LogP contribution < -0.4 is 5.32 Å². The molecule has 1 N–H and O–H groups in total. The van der Waals surface area contributed by atoms with Crippen LogP contribution in [-0.4, -0.2) is 30.1 Å². The molecule has 1 aliphatic rings. The normalized spacial score (nSPS) is 21.0. The third kappa shape index (κ3) is 3.66. The third-order valence-corrected chi connectivity index (χ3v) is 3.85. The average molecular weight is 286 g/mol. The van der Waals surface area contributed by atoms with E-state index in [0.29, 0.717) is 12.1 Å². The topological polar surface area (TPSA) is 15.3 Å². The Kier molecular flexibility index (Phi) is 4.91. The molecule has 1 heterocycles. The second kappa shape index (κ2) is 6.48. The summed E-state index contributed by atoms with van der Waals surface area (Å²) in [4.78, 5) is 2.37. The lowest BCUT2D eigenvalue weighted by atomic mass is 10.1. The second-order valence-electron chi connectivity index (χ2n) is 5.65. The monoisotopic (exact) mass is 286 g/mol. The Hall–Kier alpha value is -1.23. The van der Waals surface area contributed by atoms with Crippen molar-refractivity contribution in [1.82, 2.24) is 4.90 Å². The van der Waals surface area contributed by atoms with Gasteiger partial charge in [0, 0.05) is 30.8 Å². The zero-order valence-electron chi connectivity index (χ0n) is 11.9. The summed E-state index contributed by atoms with van der Waals surface area (Å²) in [6.45, 7) is 6.22. The van der Waals surface area contributed by atoms with Gasteiger partial charge in [-0.25, -0.2) is 13.2 Å². The number of likely N-dealkylation sites (tertiary alicyclic amines) is 1.